The number of aryl methyl sites for hydroxylation is 2. The molecule has 1 heterocycles. The second kappa shape index (κ2) is 8.31. The van der Waals surface area contributed by atoms with Crippen molar-refractivity contribution in [3.8, 4) is 5.75 Å². The molecule has 0 radical (unpaired) electrons. The van der Waals surface area contributed by atoms with Crippen LogP contribution in [-0.4, -0.2) is 22.7 Å². The number of nitrogens with one attached hydrogen (secondary N) is 2. The maximum Gasteiger partial charge on any atom is 0.276 e. The number of nitrogens with zero attached hydrogens (tertiary/aromatic N) is 2. The standard InChI is InChI=1S/C21H22N4O2/c1-4-27-19-8-6-5-7-17(19)23-21(26)18-11-12-20(25-24-18)22-16-10-9-14(2)15(3)13-16/h5-13H,4H2,1-3H3,(H,22,25)(H,23,26). The summed E-state index contributed by atoms with van der Waals surface area (Å²) < 4.78 is 5.52. The SMILES string of the molecule is CCOc1ccccc1NC(=O)c1ccc(Nc2ccc(C)c(C)c2)nn1. The molecule has 0 fully saturated rings. The highest BCUT2D eigenvalue weighted by molar-refractivity contribution is 6.03. The van der Waals surface area contributed by atoms with Gasteiger partial charge in [-0.25, -0.2) is 0 Å². The Balaban J connectivity index is 1.69. The van der Waals surface area contributed by atoms with Crippen molar-refractivity contribution in [2.24, 2.45) is 0 Å². The highest BCUT2D eigenvalue weighted by Gasteiger charge is 2.12. The Morgan fingerprint density at radius 1 is 1.00 bits per heavy atom. The van der Waals surface area contributed by atoms with Gasteiger partial charge in [-0.3, -0.25) is 4.79 Å². The maximum absolute atomic E-state index is 12.4. The van der Waals surface area contributed by atoms with Gasteiger partial charge in [0.15, 0.2) is 11.5 Å². The Kier molecular flexibility index (Phi) is 5.66. The molecular weight excluding hydrogens is 340 g/mol. The number of hydrogen-bond donors (Lipinski definition) is 2. The summed E-state index contributed by atoms with van der Waals surface area (Å²) in [7, 11) is 0. The minimum absolute atomic E-state index is 0.229. The van der Waals surface area contributed by atoms with Crippen molar-refractivity contribution in [3.63, 3.8) is 0 Å². The Labute approximate surface area is 158 Å². The Hall–Kier alpha value is -3.41. The molecule has 0 unspecified atom stereocenters. The van der Waals surface area contributed by atoms with Crippen LogP contribution in [0.25, 0.3) is 0 Å². The molecule has 0 aliphatic carbocycles. The Morgan fingerprint density at radius 2 is 1.81 bits per heavy atom. The summed E-state index contributed by atoms with van der Waals surface area (Å²) in [5.41, 5.74) is 4.17. The minimum Gasteiger partial charge on any atom is -0.492 e. The van der Waals surface area contributed by atoms with Crippen molar-refractivity contribution in [1.82, 2.24) is 10.2 Å². The normalized spacial score (nSPS) is 10.3. The van der Waals surface area contributed by atoms with Crippen molar-refractivity contribution < 1.29 is 9.53 Å². The fourth-order valence-corrected chi connectivity index (χ4v) is 2.52. The quantitative estimate of drug-likeness (QED) is 0.676. The number of carbonyl (C=O) groups excluding carboxylic acids is 1. The molecule has 138 valence electrons. The second-order valence-electron chi connectivity index (χ2n) is 6.11. The zero-order valence-electron chi connectivity index (χ0n) is 15.6. The number of benzene rings is 2. The summed E-state index contributed by atoms with van der Waals surface area (Å²) in [6.45, 7) is 6.53. The number of anilines is 3. The van der Waals surface area contributed by atoms with Gasteiger partial charge in [0.25, 0.3) is 5.91 Å². The predicted octanol–water partition coefficient (Wildman–Crippen LogP) is 4.49. The summed E-state index contributed by atoms with van der Waals surface area (Å²) in [6, 6.07) is 16.7. The molecule has 0 saturated carbocycles. The number of para-hydroxylation sites is 2. The Morgan fingerprint density at radius 3 is 2.52 bits per heavy atom. The van der Waals surface area contributed by atoms with Crippen LogP contribution in [0.5, 0.6) is 5.75 Å². The molecule has 1 aromatic heterocycles. The lowest BCUT2D eigenvalue weighted by Crippen LogP contribution is -2.15. The third kappa shape index (κ3) is 4.61. The van der Waals surface area contributed by atoms with Gasteiger partial charge in [0, 0.05) is 5.69 Å². The largest absolute Gasteiger partial charge is 0.492 e. The molecule has 2 aromatic carbocycles. The molecule has 0 aliphatic heterocycles. The fraction of sp³-hybridized carbons (Fsp3) is 0.190. The maximum atomic E-state index is 12.4. The van der Waals surface area contributed by atoms with E-state index in [1.54, 1.807) is 24.3 Å². The van der Waals surface area contributed by atoms with Crippen LogP contribution in [0.2, 0.25) is 0 Å². The van der Waals surface area contributed by atoms with Gasteiger partial charge < -0.3 is 15.4 Å². The average molecular weight is 362 g/mol. The highest BCUT2D eigenvalue weighted by Crippen LogP contribution is 2.24. The van der Waals surface area contributed by atoms with Crippen molar-refractivity contribution in [3.05, 3.63) is 71.4 Å². The first-order valence-corrected chi connectivity index (χ1v) is 8.78. The first kappa shape index (κ1) is 18.4. The van der Waals surface area contributed by atoms with Crippen LogP contribution in [0.1, 0.15) is 28.5 Å². The zero-order valence-corrected chi connectivity index (χ0v) is 15.6. The van der Waals surface area contributed by atoms with E-state index < -0.39 is 0 Å². The summed E-state index contributed by atoms with van der Waals surface area (Å²) >= 11 is 0. The molecule has 6 heteroatoms. The molecule has 0 spiro atoms. The molecular formula is C21H22N4O2. The van der Waals surface area contributed by atoms with Crippen LogP contribution < -0.4 is 15.4 Å². The van der Waals surface area contributed by atoms with Crippen LogP contribution in [0, 0.1) is 13.8 Å². The average Bonchev–Trinajstić information content (AvgIpc) is 2.67. The molecule has 3 rings (SSSR count). The van der Waals surface area contributed by atoms with Crippen LogP contribution in [0.4, 0.5) is 17.2 Å². The van der Waals surface area contributed by atoms with E-state index in [2.05, 4.69) is 34.7 Å². The van der Waals surface area contributed by atoms with Gasteiger partial charge >= 0.3 is 0 Å². The fourth-order valence-electron chi connectivity index (χ4n) is 2.52. The molecule has 0 aliphatic rings. The first-order valence-electron chi connectivity index (χ1n) is 8.78. The first-order chi connectivity index (χ1) is 13.1. The van der Waals surface area contributed by atoms with Crippen LogP contribution >= 0.6 is 0 Å². The number of rotatable bonds is 6. The van der Waals surface area contributed by atoms with E-state index in [1.807, 2.05) is 37.3 Å². The van der Waals surface area contributed by atoms with Crippen LogP contribution in [0.15, 0.2) is 54.6 Å². The third-order valence-corrected chi connectivity index (χ3v) is 4.11. The van der Waals surface area contributed by atoms with Crippen LogP contribution in [-0.2, 0) is 0 Å². The number of aromatic nitrogens is 2. The zero-order chi connectivity index (χ0) is 19.2. The van der Waals surface area contributed by atoms with Gasteiger partial charge in [0.05, 0.1) is 12.3 Å². The van der Waals surface area contributed by atoms with Gasteiger partial charge in [-0.15, -0.1) is 10.2 Å². The number of ether oxygens (including phenoxy) is 1. The topological polar surface area (TPSA) is 76.1 Å². The van der Waals surface area contributed by atoms with Gasteiger partial charge in [-0.1, -0.05) is 18.2 Å². The smallest absolute Gasteiger partial charge is 0.276 e. The predicted molar refractivity (Wildman–Crippen MR) is 107 cm³/mol. The van der Waals surface area contributed by atoms with Gasteiger partial charge in [0.2, 0.25) is 0 Å². The van der Waals surface area contributed by atoms with E-state index in [9.17, 15) is 4.79 Å². The minimum atomic E-state index is -0.340. The Bertz CT molecular complexity index is 939. The molecule has 27 heavy (non-hydrogen) atoms. The lowest BCUT2D eigenvalue weighted by molar-refractivity contribution is 0.102. The van der Waals surface area contributed by atoms with Crippen LogP contribution in [0.3, 0.4) is 0 Å². The summed E-state index contributed by atoms with van der Waals surface area (Å²) in [4.78, 5) is 12.4. The van der Waals surface area contributed by atoms with E-state index in [0.29, 0.717) is 23.9 Å². The summed E-state index contributed by atoms with van der Waals surface area (Å²) in [5, 5.41) is 14.1. The van der Waals surface area contributed by atoms with Gasteiger partial charge in [0.1, 0.15) is 5.75 Å². The second-order valence-corrected chi connectivity index (χ2v) is 6.11. The highest BCUT2D eigenvalue weighted by atomic mass is 16.5. The third-order valence-electron chi connectivity index (χ3n) is 4.11. The van der Waals surface area contributed by atoms with E-state index in [1.165, 1.54) is 11.1 Å². The van der Waals surface area contributed by atoms with E-state index in [-0.39, 0.29) is 11.6 Å². The molecule has 0 bridgehead atoms. The lowest BCUT2D eigenvalue weighted by Gasteiger charge is -2.11. The van der Waals surface area contributed by atoms with Crippen molar-refractivity contribution >= 4 is 23.1 Å². The van der Waals surface area contributed by atoms with E-state index in [4.69, 9.17) is 4.74 Å². The lowest BCUT2D eigenvalue weighted by atomic mass is 10.1. The molecule has 3 aromatic rings. The van der Waals surface area contributed by atoms with Gasteiger partial charge in [-0.2, -0.15) is 0 Å². The molecule has 0 atom stereocenters. The van der Waals surface area contributed by atoms with Crippen molar-refractivity contribution in [2.75, 3.05) is 17.2 Å². The summed E-state index contributed by atoms with van der Waals surface area (Å²) in [6.07, 6.45) is 0. The molecule has 2 N–H and O–H groups in total. The van der Waals surface area contributed by atoms with Crippen molar-refractivity contribution in [2.45, 2.75) is 20.8 Å². The molecule has 6 nitrogen and oxygen atoms in total. The van der Waals surface area contributed by atoms with Gasteiger partial charge in [-0.05, 0) is 68.3 Å². The number of amides is 1. The number of carbonyl (C=O) groups is 1. The molecule has 0 saturated heterocycles. The number of hydrogen-bond acceptors (Lipinski definition) is 5. The van der Waals surface area contributed by atoms with E-state index >= 15 is 0 Å². The monoisotopic (exact) mass is 362 g/mol. The molecule has 1 amide bonds. The van der Waals surface area contributed by atoms with Crippen molar-refractivity contribution in [1.29, 1.82) is 0 Å². The summed E-state index contributed by atoms with van der Waals surface area (Å²) in [5.74, 6) is 0.853. The van der Waals surface area contributed by atoms with E-state index in [0.717, 1.165) is 5.69 Å².